The number of carbonyl (C=O) groups is 2. The number of piperazine rings is 1. The molecule has 0 aromatic heterocycles. The van der Waals surface area contributed by atoms with Crippen molar-refractivity contribution in [3.05, 3.63) is 47.0 Å². The van der Waals surface area contributed by atoms with Gasteiger partial charge in [-0.3, -0.25) is 9.59 Å². The number of hydrogen-bond acceptors (Lipinski definition) is 4. The Kier molecular flexibility index (Phi) is 4.60. The molecule has 0 bridgehead atoms. The van der Waals surface area contributed by atoms with Crippen molar-refractivity contribution in [3.63, 3.8) is 0 Å². The fraction of sp³-hybridized carbons (Fsp3) is 0.450. The molecule has 1 N–H and O–H groups in total. The van der Waals surface area contributed by atoms with Gasteiger partial charge < -0.3 is 15.2 Å². The van der Waals surface area contributed by atoms with E-state index in [1.807, 2.05) is 30.9 Å². The van der Waals surface area contributed by atoms with Crippen molar-refractivity contribution in [2.24, 2.45) is 5.41 Å². The third kappa shape index (κ3) is 3.42. The molecule has 2 aliphatic rings. The first kappa shape index (κ1) is 17.5. The van der Waals surface area contributed by atoms with Gasteiger partial charge in [-0.1, -0.05) is 38.1 Å². The van der Waals surface area contributed by atoms with Gasteiger partial charge in [-0.15, -0.1) is 0 Å². The second-order valence-electron chi connectivity index (χ2n) is 7.59. The van der Waals surface area contributed by atoms with Gasteiger partial charge in [0.05, 0.1) is 5.71 Å². The van der Waals surface area contributed by atoms with Crippen molar-refractivity contribution in [1.29, 1.82) is 5.41 Å². The average Bonchev–Trinajstić information content (AvgIpc) is 2.58. The van der Waals surface area contributed by atoms with Crippen LogP contribution in [0.4, 0.5) is 0 Å². The van der Waals surface area contributed by atoms with Crippen molar-refractivity contribution >= 4 is 17.4 Å². The molecule has 132 valence electrons. The molecule has 0 saturated carbocycles. The van der Waals surface area contributed by atoms with Gasteiger partial charge >= 0.3 is 0 Å². The third-order valence-corrected chi connectivity index (χ3v) is 5.17. The number of ketones is 1. The normalized spacial score (nSPS) is 18.8. The summed E-state index contributed by atoms with van der Waals surface area (Å²) in [5.41, 5.74) is 1.52. The number of fused-ring (bicyclic) bond motifs is 1. The molecule has 5 nitrogen and oxygen atoms in total. The molecule has 25 heavy (non-hydrogen) atoms. The van der Waals surface area contributed by atoms with Crippen molar-refractivity contribution < 1.29 is 9.59 Å². The SMILES string of the molecule is CN1CCN(C(=O)CC(C)(C)C2=CC(=N)c3ccccc3C2=O)CC1. The molecule has 1 aromatic rings. The van der Waals surface area contributed by atoms with Gasteiger partial charge in [0.25, 0.3) is 0 Å². The molecular formula is C20H25N3O2. The summed E-state index contributed by atoms with van der Waals surface area (Å²) in [6, 6.07) is 7.21. The van der Waals surface area contributed by atoms with Crippen LogP contribution in [0.3, 0.4) is 0 Å². The van der Waals surface area contributed by atoms with E-state index in [0.29, 0.717) is 22.4 Å². The van der Waals surface area contributed by atoms with Crippen molar-refractivity contribution in [2.75, 3.05) is 33.2 Å². The van der Waals surface area contributed by atoms with Gasteiger partial charge in [-0.05, 0) is 13.1 Å². The van der Waals surface area contributed by atoms with E-state index in [9.17, 15) is 9.59 Å². The van der Waals surface area contributed by atoms with Crippen molar-refractivity contribution in [1.82, 2.24) is 9.80 Å². The lowest BCUT2D eigenvalue weighted by molar-refractivity contribution is -0.134. The first-order valence-corrected chi connectivity index (χ1v) is 8.71. The molecule has 1 amide bonds. The van der Waals surface area contributed by atoms with E-state index in [2.05, 4.69) is 11.9 Å². The minimum absolute atomic E-state index is 0.0669. The van der Waals surface area contributed by atoms with Gasteiger partial charge in [0, 0.05) is 54.7 Å². The predicted molar refractivity (Wildman–Crippen MR) is 98.2 cm³/mol. The highest BCUT2D eigenvalue weighted by molar-refractivity contribution is 6.25. The molecule has 0 spiro atoms. The Morgan fingerprint density at radius 1 is 1.12 bits per heavy atom. The number of Topliss-reactive ketones (excluding diaryl/α,β-unsaturated/α-hetero) is 1. The molecule has 0 radical (unpaired) electrons. The number of rotatable bonds is 3. The summed E-state index contributed by atoms with van der Waals surface area (Å²) in [6.07, 6.45) is 1.92. The molecule has 0 unspecified atom stereocenters. The van der Waals surface area contributed by atoms with Crippen LogP contribution in [0.1, 0.15) is 36.2 Å². The summed E-state index contributed by atoms with van der Waals surface area (Å²) in [6.45, 7) is 7.07. The highest BCUT2D eigenvalue weighted by Gasteiger charge is 2.36. The highest BCUT2D eigenvalue weighted by Crippen LogP contribution is 2.36. The average molecular weight is 339 g/mol. The first-order valence-electron chi connectivity index (χ1n) is 8.71. The molecule has 1 aliphatic carbocycles. The number of likely N-dealkylation sites (N-methyl/N-ethyl adjacent to an activating group) is 1. The summed E-state index contributed by atoms with van der Waals surface area (Å²) in [5.74, 6) is 0.0139. The monoisotopic (exact) mass is 339 g/mol. The van der Waals surface area contributed by atoms with Crippen LogP contribution in [0.25, 0.3) is 0 Å². The second kappa shape index (κ2) is 6.56. The van der Waals surface area contributed by atoms with Gasteiger partial charge in [0.15, 0.2) is 5.78 Å². The first-order chi connectivity index (χ1) is 11.8. The molecule has 5 heteroatoms. The molecule has 1 aromatic carbocycles. The molecule has 1 aliphatic heterocycles. The largest absolute Gasteiger partial charge is 0.340 e. The maximum Gasteiger partial charge on any atom is 0.223 e. The van der Waals surface area contributed by atoms with Crippen molar-refractivity contribution in [2.45, 2.75) is 20.3 Å². The van der Waals surface area contributed by atoms with Gasteiger partial charge in [0.1, 0.15) is 0 Å². The van der Waals surface area contributed by atoms with Crippen LogP contribution in [-0.2, 0) is 4.79 Å². The Morgan fingerprint density at radius 3 is 2.36 bits per heavy atom. The number of benzene rings is 1. The summed E-state index contributed by atoms with van der Waals surface area (Å²) >= 11 is 0. The van der Waals surface area contributed by atoms with Crippen LogP contribution in [0, 0.1) is 10.8 Å². The second-order valence-corrected chi connectivity index (χ2v) is 7.59. The summed E-state index contributed by atoms with van der Waals surface area (Å²) in [4.78, 5) is 29.7. The fourth-order valence-corrected chi connectivity index (χ4v) is 3.49. The highest BCUT2D eigenvalue weighted by atomic mass is 16.2. The Bertz CT molecular complexity index is 756. The molecule has 3 rings (SSSR count). The van der Waals surface area contributed by atoms with Crippen LogP contribution in [0.15, 0.2) is 35.9 Å². The van der Waals surface area contributed by atoms with Crippen LogP contribution < -0.4 is 0 Å². The standard InChI is InChI=1S/C20H25N3O2/c1-20(2,13-18(24)23-10-8-22(3)9-11-23)16-12-17(21)14-6-4-5-7-15(14)19(16)25/h4-7,12,21H,8-11,13H2,1-3H3. The Morgan fingerprint density at radius 2 is 1.72 bits per heavy atom. The number of nitrogens with zero attached hydrogens (tertiary/aromatic N) is 2. The number of nitrogens with one attached hydrogen (secondary N) is 1. The Balaban J connectivity index is 1.79. The quantitative estimate of drug-likeness (QED) is 0.919. The maximum absolute atomic E-state index is 12.9. The van der Waals surface area contributed by atoms with Crippen LogP contribution >= 0.6 is 0 Å². The molecule has 1 heterocycles. The van der Waals surface area contributed by atoms with E-state index in [4.69, 9.17) is 5.41 Å². The lowest BCUT2D eigenvalue weighted by atomic mass is 9.73. The van der Waals surface area contributed by atoms with E-state index >= 15 is 0 Å². The topological polar surface area (TPSA) is 64.5 Å². The number of allylic oxidation sites excluding steroid dienone is 2. The number of amides is 1. The van der Waals surface area contributed by atoms with E-state index < -0.39 is 5.41 Å². The van der Waals surface area contributed by atoms with Gasteiger partial charge in [-0.25, -0.2) is 0 Å². The minimum atomic E-state index is -0.600. The molecule has 1 saturated heterocycles. The van der Waals surface area contributed by atoms with Gasteiger partial charge in [-0.2, -0.15) is 0 Å². The maximum atomic E-state index is 12.9. The summed E-state index contributed by atoms with van der Waals surface area (Å²) in [7, 11) is 2.06. The predicted octanol–water partition coefficient (Wildman–Crippen LogP) is 2.37. The smallest absolute Gasteiger partial charge is 0.223 e. The van der Waals surface area contributed by atoms with E-state index in [1.54, 1.807) is 18.2 Å². The minimum Gasteiger partial charge on any atom is -0.340 e. The van der Waals surface area contributed by atoms with Crippen LogP contribution in [0.2, 0.25) is 0 Å². The molecule has 1 fully saturated rings. The fourth-order valence-electron chi connectivity index (χ4n) is 3.49. The Labute approximate surface area is 148 Å². The Hall–Kier alpha value is -2.27. The lowest BCUT2D eigenvalue weighted by Crippen LogP contribution is -2.48. The van der Waals surface area contributed by atoms with Gasteiger partial charge in [0.2, 0.25) is 5.91 Å². The molecule has 0 atom stereocenters. The van der Waals surface area contributed by atoms with E-state index in [0.717, 1.165) is 26.2 Å². The zero-order valence-electron chi connectivity index (χ0n) is 15.1. The van der Waals surface area contributed by atoms with Crippen molar-refractivity contribution in [3.8, 4) is 0 Å². The molecular weight excluding hydrogens is 314 g/mol. The van der Waals surface area contributed by atoms with Crippen LogP contribution in [-0.4, -0.2) is 60.4 Å². The number of hydrogen-bond donors (Lipinski definition) is 1. The third-order valence-electron chi connectivity index (χ3n) is 5.17. The van der Waals surface area contributed by atoms with E-state index in [1.165, 1.54) is 0 Å². The zero-order valence-corrected chi connectivity index (χ0v) is 15.1. The number of carbonyl (C=O) groups excluding carboxylic acids is 2. The van der Waals surface area contributed by atoms with E-state index in [-0.39, 0.29) is 18.1 Å². The van der Waals surface area contributed by atoms with Crippen LogP contribution in [0.5, 0.6) is 0 Å². The summed E-state index contributed by atoms with van der Waals surface area (Å²) in [5, 5.41) is 8.24. The zero-order chi connectivity index (χ0) is 18.2. The lowest BCUT2D eigenvalue weighted by Gasteiger charge is -2.36. The summed E-state index contributed by atoms with van der Waals surface area (Å²) < 4.78 is 0.